The van der Waals surface area contributed by atoms with Crippen molar-refractivity contribution in [2.45, 2.75) is 31.3 Å². The van der Waals surface area contributed by atoms with Crippen LogP contribution in [-0.4, -0.2) is 45.1 Å². The van der Waals surface area contributed by atoms with Gasteiger partial charge in [-0.05, 0) is 18.9 Å². The topological polar surface area (TPSA) is 84.3 Å². The Morgan fingerprint density at radius 3 is 2.75 bits per heavy atom. The number of hydrogen-bond donors (Lipinski definition) is 1. The molecule has 0 radical (unpaired) electrons. The van der Waals surface area contributed by atoms with Crippen molar-refractivity contribution in [2.75, 3.05) is 6.54 Å². The zero-order chi connectivity index (χ0) is 14.3. The summed E-state index contributed by atoms with van der Waals surface area (Å²) in [4.78, 5) is 36.9. The molecule has 1 saturated carbocycles. The number of carbonyl (C=O) groups is 2. The number of likely N-dealkylation sites (tertiary alicyclic amines) is 1. The van der Waals surface area contributed by atoms with Crippen LogP contribution < -0.4 is 10.9 Å². The van der Waals surface area contributed by atoms with Crippen molar-refractivity contribution in [3.8, 4) is 0 Å². The maximum absolute atomic E-state index is 12.0. The van der Waals surface area contributed by atoms with E-state index in [9.17, 15) is 14.4 Å². The maximum atomic E-state index is 12.0. The zero-order valence-electron chi connectivity index (χ0n) is 11.2. The molecule has 20 heavy (non-hydrogen) atoms. The number of carbonyl (C=O) groups excluding carboxylic acids is 2. The third-order valence-electron chi connectivity index (χ3n) is 3.67. The molecule has 1 N–H and O–H groups in total. The minimum absolute atomic E-state index is 0.103. The molecular formula is C13H16N4O3. The molecule has 2 amide bonds. The van der Waals surface area contributed by atoms with E-state index in [-0.39, 0.29) is 29.1 Å². The molecule has 3 rings (SSSR count). The Kier molecular flexibility index (Phi) is 3.04. The van der Waals surface area contributed by atoms with Gasteiger partial charge in [0.2, 0.25) is 5.91 Å². The van der Waals surface area contributed by atoms with Crippen LogP contribution in [0, 0.1) is 0 Å². The van der Waals surface area contributed by atoms with Crippen molar-refractivity contribution in [3.05, 3.63) is 28.2 Å². The number of hydrogen-bond acceptors (Lipinski definition) is 4. The third-order valence-corrected chi connectivity index (χ3v) is 3.67. The highest BCUT2D eigenvalue weighted by molar-refractivity contribution is 5.93. The first kappa shape index (κ1) is 12.8. The predicted octanol–water partition coefficient (Wildman–Crippen LogP) is -0.727. The summed E-state index contributed by atoms with van der Waals surface area (Å²) in [7, 11) is 1.49. The Hall–Kier alpha value is -2.18. The van der Waals surface area contributed by atoms with Crippen molar-refractivity contribution >= 4 is 11.8 Å². The second-order valence-electron chi connectivity index (χ2n) is 5.33. The van der Waals surface area contributed by atoms with Crippen LogP contribution in [0.25, 0.3) is 0 Å². The molecule has 0 spiro atoms. The van der Waals surface area contributed by atoms with E-state index in [1.54, 1.807) is 0 Å². The highest BCUT2D eigenvalue weighted by Gasteiger charge is 2.39. The molecule has 1 atom stereocenters. The van der Waals surface area contributed by atoms with Gasteiger partial charge in [-0.3, -0.25) is 14.4 Å². The summed E-state index contributed by atoms with van der Waals surface area (Å²) in [6.45, 7) is 0.570. The van der Waals surface area contributed by atoms with E-state index < -0.39 is 0 Å². The average Bonchev–Trinajstić information content (AvgIpc) is 3.17. The molecule has 1 unspecified atom stereocenters. The van der Waals surface area contributed by atoms with Crippen molar-refractivity contribution in [2.24, 2.45) is 7.05 Å². The third kappa shape index (κ3) is 2.43. The lowest BCUT2D eigenvalue weighted by molar-refractivity contribution is -0.128. The van der Waals surface area contributed by atoms with E-state index in [1.807, 2.05) is 4.90 Å². The maximum Gasteiger partial charge on any atom is 0.272 e. The second kappa shape index (κ2) is 4.73. The molecule has 7 heteroatoms. The fourth-order valence-corrected chi connectivity index (χ4v) is 2.45. The summed E-state index contributed by atoms with van der Waals surface area (Å²) in [5, 5.41) is 6.70. The standard InChI is InChI=1S/C13H16N4O3/c1-16-11(18)5-4-10(15-16)13(20)14-8-6-12(19)17(7-8)9-2-3-9/h4-5,8-9H,2-3,6-7H2,1H3,(H,14,20). The zero-order valence-corrected chi connectivity index (χ0v) is 11.2. The van der Waals surface area contributed by atoms with E-state index in [0.29, 0.717) is 19.0 Å². The highest BCUT2D eigenvalue weighted by atomic mass is 16.2. The van der Waals surface area contributed by atoms with Crippen LogP contribution in [0.15, 0.2) is 16.9 Å². The number of nitrogens with one attached hydrogen (secondary N) is 1. The van der Waals surface area contributed by atoms with Crippen LogP contribution in [-0.2, 0) is 11.8 Å². The lowest BCUT2D eigenvalue weighted by Crippen LogP contribution is -2.38. The Balaban J connectivity index is 1.65. The van der Waals surface area contributed by atoms with Crippen LogP contribution in [0.4, 0.5) is 0 Å². The number of rotatable bonds is 3. The van der Waals surface area contributed by atoms with Gasteiger partial charge in [0.15, 0.2) is 0 Å². The van der Waals surface area contributed by atoms with Gasteiger partial charge in [-0.25, -0.2) is 4.68 Å². The molecule has 1 aromatic heterocycles. The fraction of sp³-hybridized carbons (Fsp3) is 0.538. The minimum atomic E-state index is -0.351. The highest BCUT2D eigenvalue weighted by Crippen LogP contribution is 2.30. The van der Waals surface area contributed by atoms with Gasteiger partial charge in [0.05, 0.1) is 6.04 Å². The van der Waals surface area contributed by atoms with E-state index >= 15 is 0 Å². The monoisotopic (exact) mass is 276 g/mol. The molecule has 2 heterocycles. The Morgan fingerprint density at radius 1 is 1.35 bits per heavy atom. The quantitative estimate of drug-likeness (QED) is 0.789. The van der Waals surface area contributed by atoms with Crippen LogP contribution in [0.5, 0.6) is 0 Å². The second-order valence-corrected chi connectivity index (χ2v) is 5.33. The largest absolute Gasteiger partial charge is 0.346 e. The summed E-state index contributed by atoms with van der Waals surface area (Å²) in [5.74, 6) is -0.248. The molecule has 1 aromatic rings. The molecular weight excluding hydrogens is 260 g/mol. The van der Waals surface area contributed by atoms with Gasteiger partial charge in [-0.1, -0.05) is 0 Å². The number of aryl methyl sites for hydroxylation is 1. The van der Waals surface area contributed by atoms with Gasteiger partial charge >= 0.3 is 0 Å². The van der Waals surface area contributed by atoms with E-state index in [4.69, 9.17) is 0 Å². The summed E-state index contributed by atoms with van der Waals surface area (Å²) >= 11 is 0. The van der Waals surface area contributed by atoms with Crippen molar-refractivity contribution < 1.29 is 9.59 Å². The van der Waals surface area contributed by atoms with Crippen LogP contribution >= 0.6 is 0 Å². The summed E-state index contributed by atoms with van der Waals surface area (Å²) in [6.07, 6.45) is 2.47. The van der Waals surface area contributed by atoms with Gasteiger partial charge in [0.1, 0.15) is 5.69 Å². The fourth-order valence-electron chi connectivity index (χ4n) is 2.45. The lowest BCUT2D eigenvalue weighted by Gasteiger charge is -2.16. The average molecular weight is 276 g/mol. The van der Waals surface area contributed by atoms with E-state index in [0.717, 1.165) is 17.5 Å². The number of aromatic nitrogens is 2. The van der Waals surface area contributed by atoms with Crippen LogP contribution in [0.2, 0.25) is 0 Å². The first-order valence-electron chi connectivity index (χ1n) is 6.69. The van der Waals surface area contributed by atoms with Crippen LogP contribution in [0.1, 0.15) is 29.8 Å². The first-order chi connectivity index (χ1) is 9.54. The van der Waals surface area contributed by atoms with Gasteiger partial charge in [-0.2, -0.15) is 5.10 Å². The van der Waals surface area contributed by atoms with Gasteiger partial charge in [-0.15, -0.1) is 0 Å². The Labute approximate surface area is 115 Å². The smallest absolute Gasteiger partial charge is 0.272 e. The van der Waals surface area contributed by atoms with Crippen LogP contribution in [0.3, 0.4) is 0 Å². The summed E-state index contributed by atoms with van der Waals surface area (Å²) in [5.41, 5.74) is -0.0816. The molecule has 7 nitrogen and oxygen atoms in total. The molecule has 2 aliphatic rings. The van der Waals surface area contributed by atoms with Crippen molar-refractivity contribution in [1.29, 1.82) is 0 Å². The minimum Gasteiger partial charge on any atom is -0.346 e. The predicted molar refractivity (Wildman–Crippen MR) is 70.1 cm³/mol. The molecule has 0 aromatic carbocycles. The Bertz CT molecular complexity index is 620. The molecule has 1 aliphatic heterocycles. The summed E-state index contributed by atoms with van der Waals surface area (Å²) in [6, 6.07) is 2.90. The van der Waals surface area contributed by atoms with Crippen molar-refractivity contribution in [3.63, 3.8) is 0 Å². The van der Waals surface area contributed by atoms with Crippen molar-refractivity contribution in [1.82, 2.24) is 20.0 Å². The molecule has 0 bridgehead atoms. The normalized spacial score (nSPS) is 22.1. The Morgan fingerprint density at radius 2 is 2.10 bits per heavy atom. The number of amides is 2. The molecule has 2 fully saturated rings. The molecule has 106 valence electrons. The first-order valence-corrected chi connectivity index (χ1v) is 6.69. The summed E-state index contributed by atoms with van der Waals surface area (Å²) < 4.78 is 1.12. The molecule has 1 saturated heterocycles. The van der Waals surface area contributed by atoms with Gasteiger partial charge < -0.3 is 10.2 Å². The van der Waals surface area contributed by atoms with Gasteiger partial charge in [0, 0.05) is 32.1 Å². The van der Waals surface area contributed by atoms with E-state index in [2.05, 4.69) is 10.4 Å². The SMILES string of the molecule is Cn1nc(C(=O)NC2CC(=O)N(C3CC3)C2)ccc1=O. The van der Waals surface area contributed by atoms with Gasteiger partial charge in [0.25, 0.3) is 11.5 Å². The van der Waals surface area contributed by atoms with E-state index in [1.165, 1.54) is 19.2 Å². The lowest BCUT2D eigenvalue weighted by atomic mass is 10.2. The molecule has 1 aliphatic carbocycles. The number of nitrogens with zero attached hydrogens (tertiary/aromatic N) is 3.